The highest BCUT2D eigenvalue weighted by atomic mass is 16.5. The van der Waals surface area contributed by atoms with Crippen LogP contribution in [0, 0.1) is 0 Å². The van der Waals surface area contributed by atoms with Crippen LogP contribution in [0.1, 0.15) is 11.1 Å². The van der Waals surface area contributed by atoms with Gasteiger partial charge in [-0.05, 0) is 17.5 Å². The topological polar surface area (TPSA) is 38.8 Å². The lowest BCUT2D eigenvalue weighted by molar-refractivity contribution is -0.153. The minimum absolute atomic E-state index is 0.162. The summed E-state index contributed by atoms with van der Waals surface area (Å²) in [7, 11) is 0. The van der Waals surface area contributed by atoms with E-state index in [4.69, 9.17) is 9.47 Å². The fraction of sp³-hybridized carbons (Fsp3) is 0.350. The zero-order chi connectivity index (χ0) is 16.6. The fourth-order valence-corrected chi connectivity index (χ4v) is 2.91. The van der Waals surface area contributed by atoms with Gasteiger partial charge in [0.1, 0.15) is 12.6 Å². The van der Waals surface area contributed by atoms with Crippen LogP contribution < -0.4 is 0 Å². The van der Waals surface area contributed by atoms with Crippen LogP contribution >= 0.6 is 0 Å². The quantitative estimate of drug-likeness (QED) is 0.766. The molecule has 0 bridgehead atoms. The second kappa shape index (κ2) is 8.62. The van der Waals surface area contributed by atoms with E-state index in [2.05, 4.69) is 17.0 Å². The molecular weight excluding hydrogens is 302 g/mol. The minimum Gasteiger partial charge on any atom is -0.460 e. The Morgan fingerprint density at radius 3 is 2.17 bits per heavy atom. The molecule has 2 aromatic carbocycles. The first-order chi connectivity index (χ1) is 11.8. The summed E-state index contributed by atoms with van der Waals surface area (Å²) in [6.45, 7) is 3.17. The molecule has 0 aromatic heterocycles. The first kappa shape index (κ1) is 16.7. The van der Waals surface area contributed by atoms with Crippen LogP contribution in [0.4, 0.5) is 0 Å². The van der Waals surface area contributed by atoms with Gasteiger partial charge < -0.3 is 9.47 Å². The molecule has 1 aliphatic rings. The van der Waals surface area contributed by atoms with Gasteiger partial charge in [0.15, 0.2) is 0 Å². The molecule has 0 amide bonds. The molecule has 2 aromatic rings. The van der Waals surface area contributed by atoms with Gasteiger partial charge in [0, 0.05) is 13.1 Å². The molecule has 4 heteroatoms. The number of benzene rings is 2. The van der Waals surface area contributed by atoms with Crippen molar-refractivity contribution in [3.63, 3.8) is 0 Å². The zero-order valence-electron chi connectivity index (χ0n) is 13.8. The lowest BCUT2D eigenvalue weighted by Crippen LogP contribution is -2.49. The Kier molecular flexibility index (Phi) is 5.99. The summed E-state index contributed by atoms with van der Waals surface area (Å²) in [4.78, 5) is 14.9. The number of nitrogens with zero attached hydrogens (tertiary/aromatic N) is 1. The zero-order valence-corrected chi connectivity index (χ0v) is 13.8. The monoisotopic (exact) mass is 325 g/mol. The van der Waals surface area contributed by atoms with E-state index in [-0.39, 0.29) is 12.0 Å². The van der Waals surface area contributed by atoms with Gasteiger partial charge in [-0.15, -0.1) is 0 Å². The van der Waals surface area contributed by atoms with Gasteiger partial charge in [0.25, 0.3) is 0 Å². The summed E-state index contributed by atoms with van der Waals surface area (Å²) in [6.07, 6.45) is 0.661. The van der Waals surface area contributed by atoms with Gasteiger partial charge >= 0.3 is 5.97 Å². The SMILES string of the molecule is O=C(OCc1ccccc1)[C@@H](Cc1ccccc1)N1CCOCC1. The molecule has 0 spiro atoms. The van der Waals surface area contributed by atoms with Crippen LogP contribution in [0.2, 0.25) is 0 Å². The standard InChI is InChI=1S/C20H23NO3/c22-20(24-16-18-9-5-2-6-10-18)19(21-11-13-23-14-12-21)15-17-7-3-1-4-8-17/h1-10,19H,11-16H2/t19-/m1/s1. The second-order valence-corrected chi connectivity index (χ2v) is 5.95. The van der Waals surface area contributed by atoms with Crippen molar-refractivity contribution in [3.05, 3.63) is 71.8 Å². The summed E-state index contributed by atoms with van der Waals surface area (Å²) >= 11 is 0. The molecule has 4 nitrogen and oxygen atoms in total. The number of carbonyl (C=O) groups excluding carboxylic acids is 1. The Hall–Kier alpha value is -2.17. The van der Waals surface area contributed by atoms with Gasteiger partial charge in [0.05, 0.1) is 13.2 Å². The molecule has 0 aliphatic carbocycles. The van der Waals surface area contributed by atoms with Crippen LogP contribution in [0.25, 0.3) is 0 Å². The second-order valence-electron chi connectivity index (χ2n) is 5.95. The minimum atomic E-state index is -0.264. The molecule has 1 heterocycles. The molecule has 126 valence electrons. The number of esters is 1. The van der Waals surface area contributed by atoms with E-state index < -0.39 is 0 Å². The molecule has 1 aliphatic heterocycles. The Morgan fingerprint density at radius 1 is 0.958 bits per heavy atom. The van der Waals surface area contributed by atoms with Gasteiger partial charge in [-0.25, -0.2) is 0 Å². The molecule has 0 N–H and O–H groups in total. The molecule has 3 rings (SSSR count). The summed E-state index contributed by atoms with van der Waals surface area (Å²) in [5, 5.41) is 0. The van der Waals surface area contributed by atoms with E-state index >= 15 is 0 Å². The molecule has 1 saturated heterocycles. The number of hydrogen-bond acceptors (Lipinski definition) is 4. The average Bonchev–Trinajstić information content (AvgIpc) is 2.66. The van der Waals surface area contributed by atoms with E-state index in [0.29, 0.717) is 26.2 Å². The van der Waals surface area contributed by atoms with Crippen molar-refractivity contribution in [1.82, 2.24) is 4.90 Å². The van der Waals surface area contributed by atoms with Crippen molar-refractivity contribution >= 4 is 5.97 Å². The lowest BCUT2D eigenvalue weighted by atomic mass is 10.0. The number of hydrogen-bond donors (Lipinski definition) is 0. The average molecular weight is 325 g/mol. The number of ether oxygens (including phenoxy) is 2. The summed E-state index contributed by atoms with van der Waals surface area (Å²) in [5.41, 5.74) is 2.15. The van der Waals surface area contributed by atoms with Crippen molar-refractivity contribution in [3.8, 4) is 0 Å². The Morgan fingerprint density at radius 2 is 1.54 bits per heavy atom. The van der Waals surface area contributed by atoms with Crippen LogP contribution in [0.3, 0.4) is 0 Å². The highest BCUT2D eigenvalue weighted by Gasteiger charge is 2.29. The van der Waals surface area contributed by atoms with Gasteiger partial charge in [-0.1, -0.05) is 60.7 Å². The fourth-order valence-electron chi connectivity index (χ4n) is 2.91. The highest BCUT2D eigenvalue weighted by Crippen LogP contribution is 2.14. The maximum absolute atomic E-state index is 12.7. The molecule has 0 unspecified atom stereocenters. The van der Waals surface area contributed by atoms with E-state index in [1.165, 1.54) is 0 Å². The molecule has 1 fully saturated rings. The lowest BCUT2D eigenvalue weighted by Gasteiger charge is -2.33. The maximum atomic E-state index is 12.7. The first-order valence-corrected chi connectivity index (χ1v) is 8.39. The van der Waals surface area contributed by atoms with Crippen LogP contribution in [0.15, 0.2) is 60.7 Å². The third-order valence-electron chi connectivity index (χ3n) is 4.25. The predicted molar refractivity (Wildman–Crippen MR) is 92.6 cm³/mol. The van der Waals surface area contributed by atoms with Crippen molar-refractivity contribution in [2.45, 2.75) is 19.1 Å². The van der Waals surface area contributed by atoms with Crippen molar-refractivity contribution in [1.29, 1.82) is 0 Å². The largest absolute Gasteiger partial charge is 0.460 e. The van der Waals surface area contributed by atoms with E-state index in [0.717, 1.165) is 24.2 Å². The smallest absolute Gasteiger partial charge is 0.324 e. The Bertz CT molecular complexity index is 624. The Balaban J connectivity index is 1.67. The normalized spacial score (nSPS) is 16.5. The number of carbonyl (C=O) groups is 1. The Labute approximate surface area is 143 Å². The maximum Gasteiger partial charge on any atom is 0.324 e. The van der Waals surface area contributed by atoms with Crippen LogP contribution in [0.5, 0.6) is 0 Å². The van der Waals surface area contributed by atoms with Gasteiger partial charge in [-0.3, -0.25) is 9.69 Å². The highest BCUT2D eigenvalue weighted by molar-refractivity contribution is 5.76. The third-order valence-corrected chi connectivity index (χ3v) is 4.25. The molecule has 1 atom stereocenters. The van der Waals surface area contributed by atoms with Crippen molar-refractivity contribution in [2.24, 2.45) is 0 Å². The number of rotatable bonds is 6. The van der Waals surface area contributed by atoms with E-state index in [1.54, 1.807) is 0 Å². The summed E-state index contributed by atoms with van der Waals surface area (Å²) in [6, 6.07) is 19.6. The third kappa shape index (κ3) is 4.66. The predicted octanol–water partition coefficient (Wildman–Crippen LogP) is 2.67. The molecule has 0 saturated carbocycles. The van der Waals surface area contributed by atoms with E-state index in [9.17, 15) is 4.79 Å². The summed E-state index contributed by atoms with van der Waals surface area (Å²) in [5.74, 6) is -0.162. The van der Waals surface area contributed by atoms with E-state index in [1.807, 2.05) is 48.5 Å². The molecule has 0 radical (unpaired) electrons. The van der Waals surface area contributed by atoms with Crippen LogP contribution in [-0.4, -0.2) is 43.2 Å². The van der Waals surface area contributed by atoms with Gasteiger partial charge in [0.2, 0.25) is 0 Å². The van der Waals surface area contributed by atoms with Crippen molar-refractivity contribution in [2.75, 3.05) is 26.3 Å². The van der Waals surface area contributed by atoms with Crippen molar-refractivity contribution < 1.29 is 14.3 Å². The summed E-state index contributed by atoms with van der Waals surface area (Å²) < 4.78 is 11.0. The van der Waals surface area contributed by atoms with Crippen LogP contribution in [-0.2, 0) is 27.3 Å². The molecule has 24 heavy (non-hydrogen) atoms. The van der Waals surface area contributed by atoms with Gasteiger partial charge in [-0.2, -0.15) is 0 Å². The number of morpholine rings is 1. The first-order valence-electron chi connectivity index (χ1n) is 8.39. The molecular formula is C20H23NO3.